The lowest BCUT2D eigenvalue weighted by Crippen LogP contribution is -2.25. The van der Waals surface area contributed by atoms with Gasteiger partial charge in [0.15, 0.2) is 0 Å². The van der Waals surface area contributed by atoms with Gasteiger partial charge in [0.05, 0.1) is 31.3 Å². The number of sulfonamides is 2. The van der Waals surface area contributed by atoms with E-state index >= 15 is 0 Å². The Balaban J connectivity index is 1.99. The molecule has 1 N–H and O–H groups in total. The molecule has 0 unspecified atom stereocenters. The van der Waals surface area contributed by atoms with Gasteiger partial charge in [-0.1, -0.05) is 0 Å². The van der Waals surface area contributed by atoms with Gasteiger partial charge >= 0.3 is 0 Å². The maximum Gasteiger partial charge on any atom is 0.265 e. The van der Waals surface area contributed by atoms with E-state index in [1.165, 1.54) is 30.7 Å². The van der Waals surface area contributed by atoms with Gasteiger partial charge in [-0.05, 0) is 55.7 Å². The Labute approximate surface area is 171 Å². The number of hydrogen-bond donors (Lipinski definition) is 1. The zero-order chi connectivity index (χ0) is 21.4. The molecule has 1 aliphatic rings. The molecule has 0 amide bonds. The van der Waals surface area contributed by atoms with Crippen LogP contribution in [0.5, 0.6) is 11.5 Å². The summed E-state index contributed by atoms with van der Waals surface area (Å²) in [7, 11) is -4.51. The van der Waals surface area contributed by atoms with Gasteiger partial charge in [-0.2, -0.15) is 0 Å². The zero-order valence-electron chi connectivity index (χ0n) is 16.7. The van der Waals surface area contributed by atoms with Crippen molar-refractivity contribution in [2.45, 2.75) is 25.2 Å². The molecule has 0 spiro atoms. The van der Waals surface area contributed by atoms with Gasteiger partial charge in [-0.3, -0.25) is 9.03 Å². The van der Waals surface area contributed by atoms with E-state index in [-0.39, 0.29) is 27.8 Å². The van der Waals surface area contributed by atoms with Crippen LogP contribution in [0.4, 0.5) is 11.4 Å². The molecule has 2 aromatic carbocycles. The maximum atomic E-state index is 13.0. The predicted molar refractivity (Wildman–Crippen MR) is 112 cm³/mol. The van der Waals surface area contributed by atoms with Crippen LogP contribution in [0.3, 0.4) is 0 Å². The first-order chi connectivity index (χ1) is 13.6. The molecule has 0 aromatic heterocycles. The number of ether oxygens (including phenoxy) is 2. The Bertz CT molecular complexity index is 1140. The summed E-state index contributed by atoms with van der Waals surface area (Å²) in [6.45, 7) is 4.08. The number of rotatable bonds is 6. The van der Waals surface area contributed by atoms with Crippen LogP contribution >= 0.6 is 0 Å². The number of aryl methyl sites for hydroxylation is 2. The number of benzene rings is 2. The van der Waals surface area contributed by atoms with E-state index in [1.54, 1.807) is 18.2 Å². The van der Waals surface area contributed by atoms with Crippen molar-refractivity contribution in [3.63, 3.8) is 0 Å². The van der Waals surface area contributed by atoms with Gasteiger partial charge < -0.3 is 9.47 Å². The second-order valence-electron chi connectivity index (χ2n) is 6.82. The molecule has 3 rings (SSSR count). The molecular formula is C19H24N2O6S2. The largest absolute Gasteiger partial charge is 0.495 e. The van der Waals surface area contributed by atoms with E-state index in [0.29, 0.717) is 18.7 Å². The summed E-state index contributed by atoms with van der Waals surface area (Å²) in [6.07, 6.45) is 0.547. The number of nitrogens with zero attached hydrogens (tertiary/aromatic N) is 1. The maximum absolute atomic E-state index is 13.0. The summed E-state index contributed by atoms with van der Waals surface area (Å²) in [5.41, 5.74) is 2.36. The molecule has 0 saturated carbocycles. The van der Waals surface area contributed by atoms with Crippen molar-refractivity contribution in [3.05, 3.63) is 41.5 Å². The lowest BCUT2D eigenvalue weighted by Gasteiger charge is -2.20. The normalized spacial score (nSPS) is 15.9. The SMILES string of the molecule is COc1cc(N2CCCS2(=O)=O)ccc1NS(=O)(=O)c1cc(C)c(C)cc1OC. The highest BCUT2D eigenvalue weighted by Gasteiger charge is 2.29. The molecule has 29 heavy (non-hydrogen) atoms. The molecule has 10 heteroatoms. The number of nitrogens with one attached hydrogen (secondary N) is 1. The predicted octanol–water partition coefficient (Wildman–Crippen LogP) is 2.66. The van der Waals surface area contributed by atoms with Crippen LogP contribution in [-0.2, 0) is 20.0 Å². The van der Waals surface area contributed by atoms with Crippen LogP contribution in [0.15, 0.2) is 35.2 Å². The average Bonchev–Trinajstić information content (AvgIpc) is 3.02. The minimum Gasteiger partial charge on any atom is -0.495 e. The van der Waals surface area contributed by atoms with Crippen molar-refractivity contribution in [1.82, 2.24) is 0 Å². The molecule has 0 atom stereocenters. The fourth-order valence-electron chi connectivity index (χ4n) is 3.18. The van der Waals surface area contributed by atoms with Crippen LogP contribution in [0.2, 0.25) is 0 Å². The molecule has 1 heterocycles. The monoisotopic (exact) mass is 440 g/mol. The molecule has 1 saturated heterocycles. The Kier molecular flexibility index (Phi) is 5.68. The minimum atomic E-state index is -3.97. The van der Waals surface area contributed by atoms with Crippen LogP contribution in [-0.4, -0.2) is 43.4 Å². The molecule has 8 nitrogen and oxygen atoms in total. The summed E-state index contributed by atoms with van der Waals surface area (Å²) in [5.74, 6) is 0.548. The highest BCUT2D eigenvalue weighted by molar-refractivity contribution is 7.93. The Morgan fingerprint density at radius 3 is 2.24 bits per heavy atom. The van der Waals surface area contributed by atoms with Crippen LogP contribution in [0.25, 0.3) is 0 Å². The van der Waals surface area contributed by atoms with Crippen molar-refractivity contribution in [2.24, 2.45) is 0 Å². The van der Waals surface area contributed by atoms with Crippen LogP contribution < -0.4 is 18.5 Å². The van der Waals surface area contributed by atoms with Crippen molar-refractivity contribution in [2.75, 3.05) is 35.5 Å². The number of anilines is 2. The smallest absolute Gasteiger partial charge is 0.265 e. The summed E-state index contributed by atoms with van der Waals surface area (Å²) >= 11 is 0. The summed E-state index contributed by atoms with van der Waals surface area (Å²) in [5, 5.41) is 0. The minimum absolute atomic E-state index is 0.0105. The van der Waals surface area contributed by atoms with Crippen molar-refractivity contribution in [1.29, 1.82) is 0 Å². The molecule has 0 aliphatic carbocycles. The second kappa shape index (κ2) is 7.75. The van der Waals surface area contributed by atoms with E-state index in [1.807, 2.05) is 13.8 Å². The van der Waals surface area contributed by atoms with Crippen LogP contribution in [0.1, 0.15) is 17.5 Å². The van der Waals surface area contributed by atoms with Gasteiger partial charge in [0, 0.05) is 12.6 Å². The molecule has 2 aromatic rings. The van der Waals surface area contributed by atoms with Gasteiger partial charge in [0.1, 0.15) is 16.4 Å². The standard InChI is InChI=1S/C19H24N2O6S2/c1-13-10-18(27-4)19(11-14(13)2)29(24,25)20-16-7-6-15(12-17(16)26-3)21-8-5-9-28(21,22)23/h6-7,10-12,20H,5,8-9H2,1-4H3. The first-order valence-electron chi connectivity index (χ1n) is 8.95. The summed E-state index contributed by atoms with van der Waals surface area (Å²) < 4.78 is 64.7. The van der Waals surface area contributed by atoms with E-state index in [2.05, 4.69) is 4.72 Å². The number of methoxy groups -OCH3 is 2. The third kappa shape index (κ3) is 4.13. The average molecular weight is 441 g/mol. The van der Waals surface area contributed by atoms with Crippen molar-refractivity contribution >= 4 is 31.4 Å². The fraction of sp³-hybridized carbons (Fsp3) is 0.368. The molecule has 0 bridgehead atoms. The van der Waals surface area contributed by atoms with Gasteiger partial charge in [0.2, 0.25) is 10.0 Å². The number of hydrogen-bond acceptors (Lipinski definition) is 6. The van der Waals surface area contributed by atoms with E-state index in [0.717, 1.165) is 11.1 Å². The van der Waals surface area contributed by atoms with E-state index < -0.39 is 20.0 Å². The first kappa shape index (κ1) is 21.3. The molecule has 158 valence electrons. The third-order valence-electron chi connectivity index (χ3n) is 4.89. The second-order valence-corrected chi connectivity index (χ2v) is 10.5. The molecule has 0 radical (unpaired) electrons. The van der Waals surface area contributed by atoms with E-state index in [4.69, 9.17) is 9.47 Å². The topological polar surface area (TPSA) is 102 Å². The molecule has 1 aliphatic heterocycles. The zero-order valence-corrected chi connectivity index (χ0v) is 18.4. The van der Waals surface area contributed by atoms with Gasteiger partial charge in [0.25, 0.3) is 10.0 Å². The highest BCUT2D eigenvalue weighted by Crippen LogP contribution is 2.35. The summed E-state index contributed by atoms with van der Waals surface area (Å²) in [6, 6.07) is 7.78. The quantitative estimate of drug-likeness (QED) is 0.741. The Hall–Kier alpha value is -2.46. The van der Waals surface area contributed by atoms with Crippen molar-refractivity contribution < 1.29 is 26.3 Å². The molecule has 1 fully saturated rings. The lowest BCUT2D eigenvalue weighted by molar-refractivity contribution is 0.402. The Morgan fingerprint density at radius 2 is 1.66 bits per heavy atom. The van der Waals surface area contributed by atoms with Gasteiger partial charge in [-0.25, -0.2) is 16.8 Å². The van der Waals surface area contributed by atoms with E-state index in [9.17, 15) is 16.8 Å². The first-order valence-corrected chi connectivity index (χ1v) is 12.0. The molecular weight excluding hydrogens is 416 g/mol. The van der Waals surface area contributed by atoms with Gasteiger partial charge in [-0.15, -0.1) is 0 Å². The Morgan fingerprint density at radius 1 is 1.00 bits per heavy atom. The van der Waals surface area contributed by atoms with Crippen LogP contribution in [0, 0.1) is 13.8 Å². The fourth-order valence-corrected chi connectivity index (χ4v) is 6.04. The van der Waals surface area contributed by atoms with Crippen molar-refractivity contribution in [3.8, 4) is 11.5 Å². The summed E-state index contributed by atoms with van der Waals surface area (Å²) in [4.78, 5) is 0.0105. The lowest BCUT2D eigenvalue weighted by atomic mass is 10.1. The third-order valence-corrected chi connectivity index (χ3v) is 8.14. The highest BCUT2D eigenvalue weighted by atomic mass is 32.2.